The molecule has 0 saturated carbocycles. The number of hydrogen-bond donors (Lipinski definition) is 2. The van der Waals surface area contributed by atoms with E-state index in [0.29, 0.717) is 25.9 Å². The van der Waals surface area contributed by atoms with Crippen molar-refractivity contribution >= 4 is 27.8 Å². The molecule has 8 nitrogen and oxygen atoms in total. The Morgan fingerprint density at radius 3 is 2.13 bits per heavy atom. The van der Waals surface area contributed by atoms with Gasteiger partial charge in [-0.25, -0.2) is 17.9 Å². The number of carbonyl (C=O) groups is 2. The van der Waals surface area contributed by atoms with E-state index in [4.69, 9.17) is 0 Å². The standard InChI is InChI=1S/C20H28N4O4S.K/c1-21-20(26)24-10-8-15(9-11-24)29(27,28)23-19(25)22-18-16-6-2-4-13(16)12-14-5-3-7-17(14)18;/h12,15H,2-11H2,1H3,(H3,21,22,23,25,26);/q;+1/p-1. The number of rotatable bonds is 3. The fourth-order valence-corrected chi connectivity index (χ4v) is 6.13. The number of sulfonamides is 1. The molecule has 2 aliphatic carbocycles. The second-order valence-corrected chi connectivity index (χ2v) is 9.99. The van der Waals surface area contributed by atoms with Gasteiger partial charge in [-0.2, -0.15) is 0 Å². The van der Waals surface area contributed by atoms with Gasteiger partial charge >= 0.3 is 57.4 Å². The quantitative estimate of drug-likeness (QED) is 0.607. The van der Waals surface area contributed by atoms with Gasteiger partial charge in [0.25, 0.3) is 0 Å². The first kappa shape index (κ1) is 24.0. The normalized spacial score (nSPS) is 18.2. The van der Waals surface area contributed by atoms with Crippen molar-refractivity contribution in [2.24, 2.45) is 0 Å². The summed E-state index contributed by atoms with van der Waals surface area (Å²) in [5.41, 5.74) is 5.70. The number of benzene rings is 1. The van der Waals surface area contributed by atoms with Crippen LogP contribution in [0.25, 0.3) is 5.32 Å². The molecule has 1 fully saturated rings. The van der Waals surface area contributed by atoms with Crippen molar-refractivity contribution < 1.29 is 69.4 Å². The van der Waals surface area contributed by atoms with Crippen LogP contribution in [0.3, 0.4) is 0 Å². The molecule has 1 aromatic carbocycles. The Morgan fingerprint density at radius 2 is 1.60 bits per heavy atom. The molecular weight excluding hydrogens is 431 g/mol. The van der Waals surface area contributed by atoms with Crippen molar-refractivity contribution in [1.82, 2.24) is 9.62 Å². The molecule has 4 amide bonds. The van der Waals surface area contributed by atoms with Gasteiger partial charge in [-0.1, -0.05) is 13.1 Å². The number of aryl methyl sites for hydroxylation is 2. The monoisotopic (exact) mass is 458 g/mol. The molecular formula is C20H27KN4O4S. The predicted molar refractivity (Wildman–Crippen MR) is 111 cm³/mol. The minimum atomic E-state index is -3.82. The van der Waals surface area contributed by atoms with Gasteiger partial charge in [0, 0.05) is 5.69 Å². The molecule has 3 aliphatic rings. The summed E-state index contributed by atoms with van der Waals surface area (Å²) in [6, 6.07) is 1.24. The molecule has 1 saturated heterocycles. The van der Waals surface area contributed by atoms with Crippen LogP contribution in [-0.2, 0) is 35.7 Å². The SMILES string of the molecule is C[N-]C(=O)N1CCC(S(=O)(=O)NC(=O)Nc2c3c(cc4c2CCC4)CCC3)CC1.[K+]. The summed E-state index contributed by atoms with van der Waals surface area (Å²) in [4.78, 5) is 25.8. The van der Waals surface area contributed by atoms with Crippen molar-refractivity contribution in [3.63, 3.8) is 0 Å². The number of carbonyl (C=O) groups excluding carboxylic acids is 2. The second kappa shape index (κ2) is 9.87. The Balaban J connectivity index is 0.00000256. The number of nitrogens with zero attached hydrogens (tertiary/aromatic N) is 2. The first-order chi connectivity index (χ1) is 13.9. The van der Waals surface area contributed by atoms with Crippen molar-refractivity contribution in [3.05, 3.63) is 33.6 Å². The smallest absolute Gasteiger partial charge is 0.436 e. The summed E-state index contributed by atoms with van der Waals surface area (Å²) < 4.78 is 27.6. The van der Waals surface area contributed by atoms with Crippen LogP contribution in [-0.4, -0.2) is 50.8 Å². The second-order valence-electron chi connectivity index (χ2n) is 8.03. The van der Waals surface area contributed by atoms with E-state index in [-0.39, 0.29) is 57.4 Å². The molecule has 0 radical (unpaired) electrons. The average molecular weight is 459 g/mol. The zero-order valence-corrected chi connectivity index (χ0v) is 21.6. The molecule has 1 aliphatic heterocycles. The Bertz CT molecular complexity index is 910. The Labute approximate surface area is 220 Å². The number of amides is 4. The van der Waals surface area contributed by atoms with E-state index < -0.39 is 21.3 Å². The van der Waals surface area contributed by atoms with Crippen LogP contribution in [0, 0.1) is 0 Å². The molecule has 4 rings (SSSR count). The van der Waals surface area contributed by atoms with Gasteiger partial charge in [-0.15, -0.1) is 0 Å². The van der Waals surface area contributed by atoms with Crippen LogP contribution in [0.2, 0.25) is 0 Å². The van der Waals surface area contributed by atoms with Crippen LogP contribution in [0.15, 0.2) is 6.07 Å². The topological polar surface area (TPSA) is 110 Å². The van der Waals surface area contributed by atoms with Crippen LogP contribution < -0.4 is 61.4 Å². The fraction of sp³-hybridized carbons (Fsp3) is 0.600. The summed E-state index contributed by atoms with van der Waals surface area (Å²) in [6.45, 7) is 0.645. The van der Waals surface area contributed by atoms with E-state index in [1.807, 2.05) is 0 Å². The Kier molecular flexibility index (Phi) is 7.89. The maximum absolute atomic E-state index is 12.7. The summed E-state index contributed by atoms with van der Waals surface area (Å²) in [5, 5.41) is 5.78. The van der Waals surface area contributed by atoms with E-state index in [9.17, 15) is 18.0 Å². The fourth-order valence-electron chi connectivity index (χ4n) is 4.82. The minimum absolute atomic E-state index is 0. The molecule has 10 heteroatoms. The number of fused-ring (bicyclic) bond motifs is 2. The largest absolute Gasteiger partial charge is 1.00 e. The van der Waals surface area contributed by atoms with Crippen molar-refractivity contribution in [1.29, 1.82) is 0 Å². The van der Waals surface area contributed by atoms with Crippen LogP contribution in [0.4, 0.5) is 15.3 Å². The third kappa shape index (κ3) is 4.88. The first-order valence-electron chi connectivity index (χ1n) is 10.3. The van der Waals surface area contributed by atoms with Gasteiger partial charge in [0.15, 0.2) is 6.03 Å². The Morgan fingerprint density at radius 1 is 1.03 bits per heavy atom. The van der Waals surface area contributed by atoms with E-state index >= 15 is 0 Å². The zero-order valence-electron chi connectivity index (χ0n) is 17.7. The van der Waals surface area contributed by atoms with E-state index in [1.165, 1.54) is 23.1 Å². The van der Waals surface area contributed by atoms with Crippen LogP contribution in [0.1, 0.15) is 47.9 Å². The van der Waals surface area contributed by atoms with Gasteiger partial charge < -0.3 is 15.5 Å². The minimum Gasteiger partial charge on any atom is -0.436 e. The summed E-state index contributed by atoms with van der Waals surface area (Å²) >= 11 is 0. The molecule has 0 bridgehead atoms. The number of nitrogens with one attached hydrogen (secondary N) is 2. The number of urea groups is 2. The molecule has 0 atom stereocenters. The number of hydrogen-bond acceptors (Lipinski definition) is 4. The van der Waals surface area contributed by atoms with Crippen LogP contribution in [0.5, 0.6) is 0 Å². The van der Waals surface area contributed by atoms with Gasteiger partial charge in [0.05, 0.1) is 5.25 Å². The molecule has 158 valence electrons. The maximum atomic E-state index is 12.7. The Hall–Kier alpha value is -0.654. The van der Waals surface area contributed by atoms with Crippen LogP contribution >= 0.6 is 0 Å². The summed E-state index contributed by atoms with van der Waals surface area (Å²) in [6.07, 6.45) is 6.57. The van der Waals surface area contributed by atoms with Gasteiger partial charge in [0.1, 0.15) is 0 Å². The summed E-state index contributed by atoms with van der Waals surface area (Å²) in [5.74, 6) is 0. The molecule has 0 unspecified atom stereocenters. The van der Waals surface area contributed by atoms with E-state index in [1.54, 1.807) is 0 Å². The van der Waals surface area contributed by atoms with E-state index in [0.717, 1.165) is 55.3 Å². The third-order valence-electron chi connectivity index (χ3n) is 6.29. The molecule has 1 aromatic rings. The molecule has 1 heterocycles. The van der Waals surface area contributed by atoms with Gasteiger partial charge in [-0.05, 0) is 86.7 Å². The third-order valence-corrected chi connectivity index (χ3v) is 8.11. The van der Waals surface area contributed by atoms with Crippen molar-refractivity contribution in [2.45, 2.75) is 56.6 Å². The number of anilines is 1. The van der Waals surface area contributed by atoms with Crippen molar-refractivity contribution in [3.8, 4) is 0 Å². The summed E-state index contributed by atoms with van der Waals surface area (Å²) in [7, 11) is -2.39. The molecule has 0 aromatic heterocycles. The number of likely N-dealkylation sites (tertiary alicyclic amines) is 1. The average Bonchev–Trinajstić information content (AvgIpc) is 3.36. The molecule has 2 N–H and O–H groups in total. The van der Waals surface area contributed by atoms with Gasteiger partial charge in [0.2, 0.25) is 10.0 Å². The zero-order chi connectivity index (χ0) is 20.6. The van der Waals surface area contributed by atoms with Gasteiger partial charge in [-0.3, -0.25) is 4.79 Å². The predicted octanol–water partition coefficient (Wildman–Crippen LogP) is -0.293. The number of piperidine rings is 1. The molecule has 30 heavy (non-hydrogen) atoms. The van der Waals surface area contributed by atoms with E-state index in [2.05, 4.69) is 21.4 Å². The van der Waals surface area contributed by atoms with Crippen molar-refractivity contribution in [2.75, 3.05) is 25.5 Å². The maximum Gasteiger partial charge on any atom is 1.00 e. The first-order valence-corrected chi connectivity index (χ1v) is 11.8. The molecule has 0 spiro atoms.